The zero-order valence-electron chi connectivity index (χ0n) is 11.8. The lowest BCUT2D eigenvalue weighted by Gasteiger charge is -2.34. The molecule has 2 aliphatic heterocycles. The molecule has 0 bridgehead atoms. The van der Waals surface area contributed by atoms with Crippen molar-refractivity contribution in [3.63, 3.8) is 0 Å². The summed E-state index contributed by atoms with van der Waals surface area (Å²) in [5.41, 5.74) is 2.59. The zero-order valence-corrected chi connectivity index (χ0v) is 11.8. The second-order valence-corrected chi connectivity index (χ2v) is 5.73. The van der Waals surface area contributed by atoms with Crippen LogP contribution in [0.1, 0.15) is 11.7 Å². The number of nitrogens with zero attached hydrogens (tertiary/aromatic N) is 2. The van der Waals surface area contributed by atoms with Gasteiger partial charge in [-0.25, -0.2) is 0 Å². The van der Waals surface area contributed by atoms with Crippen LogP contribution < -0.4 is 4.74 Å². The van der Waals surface area contributed by atoms with Gasteiger partial charge in [0.2, 0.25) is 0 Å². The summed E-state index contributed by atoms with van der Waals surface area (Å²) in [6.07, 6.45) is 0. The smallest absolute Gasteiger partial charge is 0.143 e. The monoisotopic (exact) mass is 272 g/mol. The molecule has 2 aromatic rings. The highest BCUT2D eigenvalue weighted by atomic mass is 16.5. The minimum atomic E-state index is 0.403. The second kappa shape index (κ2) is 4.79. The molecule has 106 valence electrons. The van der Waals surface area contributed by atoms with Crippen molar-refractivity contribution in [2.75, 3.05) is 39.5 Å². The molecule has 0 amide bonds. The van der Waals surface area contributed by atoms with E-state index >= 15 is 0 Å². The Morgan fingerprint density at radius 3 is 2.95 bits per heavy atom. The number of hydrogen-bond donors (Lipinski definition) is 0. The molecule has 0 spiro atoms. The van der Waals surface area contributed by atoms with Crippen LogP contribution in [0.4, 0.5) is 0 Å². The minimum absolute atomic E-state index is 0.403. The van der Waals surface area contributed by atoms with E-state index in [9.17, 15) is 0 Å². The zero-order chi connectivity index (χ0) is 13.5. The second-order valence-electron chi connectivity index (χ2n) is 5.73. The van der Waals surface area contributed by atoms with E-state index < -0.39 is 0 Å². The van der Waals surface area contributed by atoms with E-state index in [1.54, 1.807) is 0 Å². The van der Waals surface area contributed by atoms with Gasteiger partial charge in [-0.05, 0) is 19.1 Å². The number of para-hydroxylation sites is 1. The highest BCUT2D eigenvalue weighted by Gasteiger charge is 2.26. The van der Waals surface area contributed by atoms with E-state index in [-0.39, 0.29) is 0 Å². The first kappa shape index (κ1) is 12.2. The van der Waals surface area contributed by atoms with Gasteiger partial charge in [0.1, 0.15) is 12.4 Å². The number of ether oxygens (including phenoxy) is 2. The van der Waals surface area contributed by atoms with Gasteiger partial charge in [-0.3, -0.25) is 4.90 Å². The molecule has 4 nitrogen and oxygen atoms in total. The summed E-state index contributed by atoms with van der Waals surface area (Å²) in [7, 11) is 0. The van der Waals surface area contributed by atoms with E-state index in [0.717, 1.165) is 45.2 Å². The highest BCUT2D eigenvalue weighted by molar-refractivity contribution is 5.87. The Morgan fingerprint density at radius 1 is 1.25 bits per heavy atom. The molecule has 1 aromatic heterocycles. The quantitative estimate of drug-likeness (QED) is 0.838. The van der Waals surface area contributed by atoms with Crippen molar-refractivity contribution in [1.29, 1.82) is 0 Å². The van der Waals surface area contributed by atoms with Crippen LogP contribution >= 0.6 is 0 Å². The van der Waals surface area contributed by atoms with E-state index in [0.29, 0.717) is 6.04 Å². The van der Waals surface area contributed by atoms with Gasteiger partial charge in [0.15, 0.2) is 0 Å². The number of rotatable bonds is 2. The third-order valence-corrected chi connectivity index (χ3v) is 4.38. The van der Waals surface area contributed by atoms with Crippen LogP contribution in [0.15, 0.2) is 24.3 Å². The van der Waals surface area contributed by atoms with Gasteiger partial charge in [-0.2, -0.15) is 0 Å². The number of hydrogen-bond acceptors (Lipinski definition) is 3. The first-order valence-corrected chi connectivity index (χ1v) is 7.36. The van der Waals surface area contributed by atoms with E-state index in [4.69, 9.17) is 9.47 Å². The summed E-state index contributed by atoms with van der Waals surface area (Å²) in [5, 5.41) is 1.28. The van der Waals surface area contributed by atoms with Crippen LogP contribution in [0, 0.1) is 6.92 Å². The summed E-state index contributed by atoms with van der Waals surface area (Å²) in [4.78, 5) is 2.48. The van der Waals surface area contributed by atoms with E-state index in [1.165, 1.54) is 16.6 Å². The molecule has 4 heteroatoms. The van der Waals surface area contributed by atoms with Crippen molar-refractivity contribution in [3.8, 4) is 5.75 Å². The van der Waals surface area contributed by atoms with Crippen molar-refractivity contribution in [2.45, 2.75) is 13.0 Å². The van der Waals surface area contributed by atoms with Gasteiger partial charge in [-0.15, -0.1) is 0 Å². The summed E-state index contributed by atoms with van der Waals surface area (Å²) in [6, 6.07) is 8.98. The average molecular weight is 272 g/mol. The number of morpholine rings is 1. The molecule has 1 fully saturated rings. The van der Waals surface area contributed by atoms with Crippen LogP contribution in [0.3, 0.4) is 0 Å². The molecule has 1 saturated heterocycles. The van der Waals surface area contributed by atoms with Crippen LogP contribution in [0.2, 0.25) is 0 Å². The standard InChI is InChI=1S/C16H20N2O2/c1-12-9-13-3-2-4-15-16(13)18(12)14(11-20-15)10-17-5-7-19-8-6-17/h2-4,9,14H,5-8,10-11H2,1H3/t14-/m1/s1. The van der Waals surface area contributed by atoms with Crippen molar-refractivity contribution >= 4 is 10.9 Å². The normalized spacial score (nSPS) is 22.9. The van der Waals surface area contributed by atoms with E-state index in [2.05, 4.69) is 40.7 Å². The fourth-order valence-corrected chi connectivity index (χ4v) is 3.45. The summed E-state index contributed by atoms with van der Waals surface area (Å²) >= 11 is 0. The van der Waals surface area contributed by atoms with Crippen molar-refractivity contribution in [1.82, 2.24) is 9.47 Å². The van der Waals surface area contributed by atoms with Crippen molar-refractivity contribution < 1.29 is 9.47 Å². The van der Waals surface area contributed by atoms with Gasteiger partial charge >= 0.3 is 0 Å². The lowest BCUT2D eigenvalue weighted by atomic mass is 10.2. The highest BCUT2D eigenvalue weighted by Crippen LogP contribution is 2.35. The fourth-order valence-electron chi connectivity index (χ4n) is 3.45. The Hall–Kier alpha value is -1.52. The predicted molar refractivity (Wildman–Crippen MR) is 78.5 cm³/mol. The molecule has 1 aromatic carbocycles. The largest absolute Gasteiger partial charge is 0.489 e. The topological polar surface area (TPSA) is 26.6 Å². The number of benzene rings is 1. The van der Waals surface area contributed by atoms with Gasteiger partial charge in [0.25, 0.3) is 0 Å². The molecular weight excluding hydrogens is 252 g/mol. The van der Waals surface area contributed by atoms with Crippen molar-refractivity contribution in [3.05, 3.63) is 30.0 Å². The SMILES string of the molecule is Cc1cc2cccc3c2n1[C@H](CN1CCOCC1)CO3. The molecule has 0 N–H and O–H groups in total. The van der Waals surface area contributed by atoms with Crippen LogP contribution in [0.25, 0.3) is 10.9 Å². The Morgan fingerprint density at radius 2 is 2.10 bits per heavy atom. The Balaban J connectivity index is 1.69. The maximum Gasteiger partial charge on any atom is 0.143 e. The lowest BCUT2D eigenvalue weighted by Crippen LogP contribution is -2.42. The summed E-state index contributed by atoms with van der Waals surface area (Å²) in [5.74, 6) is 1.02. The maximum absolute atomic E-state index is 5.98. The predicted octanol–water partition coefficient (Wildman–Crippen LogP) is 2.22. The molecule has 4 rings (SSSR count). The molecule has 0 saturated carbocycles. The molecule has 2 aliphatic rings. The molecule has 0 aliphatic carbocycles. The van der Waals surface area contributed by atoms with Gasteiger partial charge in [0, 0.05) is 30.7 Å². The Bertz CT molecular complexity index is 629. The molecule has 20 heavy (non-hydrogen) atoms. The Kier molecular flexibility index (Phi) is 2.93. The minimum Gasteiger partial charge on any atom is -0.489 e. The molecule has 1 atom stereocenters. The van der Waals surface area contributed by atoms with Crippen LogP contribution in [-0.2, 0) is 4.74 Å². The van der Waals surface area contributed by atoms with Crippen LogP contribution in [0.5, 0.6) is 5.75 Å². The average Bonchev–Trinajstić information content (AvgIpc) is 2.82. The van der Waals surface area contributed by atoms with Crippen molar-refractivity contribution in [2.24, 2.45) is 0 Å². The first-order valence-electron chi connectivity index (χ1n) is 7.36. The van der Waals surface area contributed by atoms with Gasteiger partial charge < -0.3 is 14.0 Å². The summed E-state index contributed by atoms with van der Waals surface area (Å²) in [6.45, 7) is 7.76. The maximum atomic E-state index is 5.98. The third-order valence-electron chi connectivity index (χ3n) is 4.38. The summed E-state index contributed by atoms with van der Waals surface area (Å²) < 4.78 is 13.9. The number of aromatic nitrogens is 1. The molecular formula is C16H20N2O2. The van der Waals surface area contributed by atoms with E-state index in [1.807, 2.05) is 0 Å². The number of aryl methyl sites for hydroxylation is 1. The first-order chi connectivity index (χ1) is 9.83. The van der Waals surface area contributed by atoms with Crippen LogP contribution in [-0.4, -0.2) is 48.9 Å². The third kappa shape index (κ3) is 1.91. The Labute approximate surface area is 118 Å². The lowest BCUT2D eigenvalue weighted by molar-refractivity contribution is 0.0272. The fraction of sp³-hybridized carbons (Fsp3) is 0.500. The van der Waals surface area contributed by atoms with Gasteiger partial charge in [0.05, 0.1) is 24.8 Å². The van der Waals surface area contributed by atoms with Gasteiger partial charge in [-0.1, -0.05) is 12.1 Å². The molecule has 3 heterocycles. The molecule has 0 unspecified atom stereocenters. The molecule has 0 radical (unpaired) electrons.